The Labute approximate surface area is 180 Å². The van der Waals surface area contributed by atoms with E-state index in [1.54, 1.807) is 32.2 Å². The van der Waals surface area contributed by atoms with Gasteiger partial charge in [0.2, 0.25) is 0 Å². The number of hydrogen-bond acceptors (Lipinski definition) is 7. The van der Waals surface area contributed by atoms with E-state index in [1.165, 1.54) is 12.4 Å². The van der Waals surface area contributed by atoms with Gasteiger partial charge in [-0.3, -0.25) is 14.8 Å². The third-order valence-corrected chi connectivity index (χ3v) is 5.17. The van der Waals surface area contributed by atoms with Crippen LogP contribution in [0, 0.1) is 13.8 Å². The van der Waals surface area contributed by atoms with E-state index in [0.29, 0.717) is 22.8 Å². The fourth-order valence-corrected chi connectivity index (χ4v) is 3.19. The molecule has 0 fully saturated rings. The molecule has 8 heteroatoms. The lowest BCUT2D eigenvalue weighted by Gasteiger charge is -2.20. The topological polar surface area (TPSA) is 110 Å². The van der Waals surface area contributed by atoms with Crippen LogP contribution in [0.2, 0.25) is 0 Å². The summed E-state index contributed by atoms with van der Waals surface area (Å²) in [5.41, 5.74) is 4.24. The fourth-order valence-electron chi connectivity index (χ4n) is 3.19. The summed E-state index contributed by atoms with van der Waals surface area (Å²) in [6.45, 7) is 7.40. The number of hydrogen-bond donors (Lipinski definition) is 2. The monoisotopic (exact) mass is 417 g/mol. The van der Waals surface area contributed by atoms with Crippen LogP contribution in [0.4, 0.5) is 5.82 Å². The SMILES string of the molecule is Cc1ccc(C(=O)Nc2cnc(-c3cc(C4=NOC(C)(C)C4O)ccc3C)cn2)cn1. The molecule has 1 unspecified atom stereocenters. The van der Waals surface area contributed by atoms with Crippen LogP contribution in [0.15, 0.2) is 54.1 Å². The van der Waals surface area contributed by atoms with Crippen molar-refractivity contribution in [3.63, 3.8) is 0 Å². The number of nitrogens with one attached hydrogen (secondary N) is 1. The minimum atomic E-state index is -0.831. The molecule has 0 radical (unpaired) electrons. The third-order valence-electron chi connectivity index (χ3n) is 5.17. The Balaban J connectivity index is 1.55. The lowest BCUT2D eigenvalue weighted by molar-refractivity contribution is -0.0476. The first-order valence-electron chi connectivity index (χ1n) is 9.86. The lowest BCUT2D eigenvalue weighted by atomic mass is 9.92. The van der Waals surface area contributed by atoms with Crippen LogP contribution in [0.1, 0.15) is 41.0 Å². The zero-order valence-corrected chi connectivity index (χ0v) is 17.7. The molecular formula is C23H23N5O3. The zero-order chi connectivity index (χ0) is 22.2. The fraction of sp³-hybridized carbons (Fsp3) is 0.261. The van der Waals surface area contributed by atoms with E-state index in [0.717, 1.165) is 22.4 Å². The number of anilines is 1. The summed E-state index contributed by atoms with van der Waals surface area (Å²) in [7, 11) is 0. The van der Waals surface area contributed by atoms with Crippen LogP contribution in [0.3, 0.4) is 0 Å². The average Bonchev–Trinajstić information content (AvgIpc) is 3.02. The molecule has 4 rings (SSSR count). The molecule has 2 aromatic heterocycles. The molecule has 1 atom stereocenters. The molecule has 0 saturated carbocycles. The van der Waals surface area contributed by atoms with Crippen molar-refractivity contribution in [2.75, 3.05) is 5.32 Å². The molecule has 3 heterocycles. The van der Waals surface area contributed by atoms with E-state index < -0.39 is 11.7 Å². The number of pyridine rings is 1. The molecule has 0 aliphatic carbocycles. The van der Waals surface area contributed by atoms with Gasteiger partial charge in [0.25, 0.3) is 5.91 Å². The van der Waals surface area contributed by atoms with Gasteiger partial charge in [-0.2, -0.15) is 0 Å². The number of nitrogens with zero attached hydrogens (tertiary/aromatic N) is 4. The molecule has 1 amide bonds. The second kappa shape index (κ2) is 7.88. The number of carbonyl (C=O) groups is 1. The summed E-state index contributed by atoms with van der Waals surface area (Å²) in [6.07, 6.45) is 3.80. The van der Waals surface area contributed by atoms with Gasteiger partial charge in [0.1, 0.15) is 11.8 Å². The molecule has 1 aliphatic heterocycles. The molecule has 0 saturated heterocycles. The minimum absolute atomic E-state index is 0.302. The maximum atomic E-state index is 12.3. The molecule has 1 aromatic carbocycles. The Morgan fingerprint density at radius 3 is 2.48 bits per heavy atom. The molecule has 8 nitrogen and oxygen atoms in total. The molecule has 158 valence electrons. The molecule has 2 N–H and O–H groups in total. The number of aromatic nitrogens is 3. The van der Waals surface area contributed by atoms with E-state index in [-0.39, 0.29) is 5.91 Å². The highest BCUT2D eigenvalue weighted by atomic mass is 16.7. The average molecular weight is 417 g/mol. The first-order valence-corrected chi connectivity index (χ1v) is 9.86. The highest BCUT2D eigenvalue weighted by molar-refractivity contribution is 6.06. The Hall–Kier alpha value is -3.65. The van der Waals surface area contributed by atoms with Crippen molar-refractivity contribution in [1.82, 2.24) is 15.0 Å². The second-order valence-corrected chi connectivity index (χ2v) is 8.03. The Kier molecular flexibility index (Phi) is 5.24. The highest BCUT2D eigenvalue weighted by Gasteiger charge is 2.40. The van der Waals surface area contributed by atoms with Gasteiger partial charge in [-0.25, -0.2) is 4.98 Å². The van der Waals surface area contributed by atoms with Crippen LogP contribution in [-0.4, -0.2) is 43.4 Å². The number of aliphatic hydroxyl groups is 1. The summed E-state index contributed by atoms with van der Waals surface area (Å²) in [5, 5.41) is 17.3. The lowest BCUT2D eigenvalue weighted by Crippen LogP contribution is -2.38. The second-order valence-electron chi connectivity index (χ2n) is 8.03. The van der Waals surface area contributed by atoms with Crippen LogP contribution in [0.25, 0.3) is 11.3 Å². The van der Waals surface area contributed by atoms with Gasteiger partial charge >= 0.3 is 0 Å². The number of aliphatic hydroxyl groups excluding tert-OH is 1. The van der Waals surface area contributed by atoms with E-state index in [2.05, 4.69) is 25.4 Å². The predicted octanol–water partition coefficient (Wildman–Crippen LogP) is 3.28. The van der Waals surface area contributed by atoms with Crippen molar-refractivity contribution in [3.8, 4) is 11.3 Å². The van der Waals surface area contributed by atoms with Crippen molar-refractivity contribution in [2.24, 2.45) is 5.16 Å². The van der Waals surface area contributed by atoms with Crippen LogP contribution < -0.4 is 5.32 Å². The molecular weight excluding hydrogens is 394 g/mol. The highest BCUT2D eigenvalue weighted by Crippen LogP contribution is 2.29. The van der Waals surface area contributed by atoms with Gasteiger partial charge in [-0.1, -0.05) is 17.3 Å². The van der Waals surface area contributed by atoms with Crippen molar-refractivity contribution in [1.29, 1.82) is 0 Å². The maximum absolute atomic E-state index is 12.3. The minimum Gasteiger partial charge on any atom is -0.386 e. The smallest absolute Gasteiger partial charge is 0.258 e. The van der Waals surface area contributed by atoms with Gasteiger partial charge in [0.15, 0.2) is 11.4 Å². The number of aryl methyl sites for hydroxylation is 2. The van der Waals surface area contributed by atoms with Gasteiger partial charge in [0.05, 0.1) is 23.7 Å². The van der Waals surface area contributed by atoms with Gasteiger partial charge in [0, 0.05) is 23.0 Å². The standard InChI is InChI=1S/C23H23N5O3/c1-13-5-7-15(20-21(29)23(3,4)31-28-20)9-17(13)18-11-26-19(12-25-18)27-22(30)16-8-6-14(2)24-10-16/h5-12,21,29H,1-4H3,(H,26,27,30). The van der Waals surface area contributed by atoms with Gasteiger partial charge in [-0.15, -0.1) is 0 Å². The molecule has 1 aliphatic rings. The quantitative estimate of drug-likeness (QED) is 0.674. The van der Waals surface area contributed by atoms with E-state index in [1.807, 2.05) is 32.0 Å². The molecule has 31 heavy (non-hydrogen) atoms. The Bertz CT molecular complexity index is 1150. The zero-order valence-electron chi connectivity index (χ0n) is 17.7. The van der Waals surface area contributed by atoms with E-state index in [9.17, 15) is 9.90 Å². The summed E-state index contributed by atoms with van der Waals surface area (Å²) in [4.78, 5) is 30.6. The Morgan fingerprint density at radius 2 is 1.87 bits per heavy atom. The maximum Gasteiger partial charge on any atom is 0.258 e. The van der Waals surface area contributed by atoms with Crippen molar-refractivity contribution in [2.45, 2.75) is 39.4 Å². The van der Waals surface area contributed by atoms with Crippen LogP contribution in [-0.2, 0) is 4.84 Å². The number of benzene rings is 1. The van der Waals surface area contributed by atoms with Crippen molar-refractivity contribution >= 4 is 17.4 Å². The van der Waals surface area contributed by atoms with Crippen molar-refractivity contribution in [3.05, 3.63) is 71.3 Å². The summed E-state index contributed by atoms with van der Waals surface area (Å²) in [5.74, 6) is 0.0393. The first-order chi connectivity index (χ1) is 14.7. The summed E-state index contributed by atoms with van der Waals surface area (Å²) in [6, 6.07) is 9.22. The number of carbonyl (C=O) groups excluding carboxylic acids is 1. The first kappa shape index (κ1) is 20.6. The third kappa shape index (κ3) is 4.15. The Morgan fingerprint density at radius 1 is 1.06 bits per heavy atom. The van der Waals surface area contributed by atoms with E-state index >= 15 is 0 Å². The van der Waals surface area contributed by atoms with Crippen LogP contribution in [0.5, 0.6) is 0 Å². The molecule has 3 aromatic rings. The number of amides is 1. The van der Waals surface area contributed by atoms with Crippen LogP contribution >= 0.6 is 0 Å². The van der Waals surface area contributed by atoms with Crippen molar-refractivity contribution < 1.29 is 14.7 Å². The van der Waals surface area contributed by atoms with E-state index in [4.69, 9.17) is 4.84 Å². The van der Waals surface area contributed by atoms with Gasteiger partial charge < -0.3 is 15.3 Å². The van der Waals surface area contributed by atoms with Gasteiger partial charge in [-0.05, 0) is 51.5 Å². The number of rotatable bonds is 4. The number of oxime groups is 1. The molecule has 0 spiro atoms. The summed E-state index contributed by atoms with van der Waals surface area (Å²) < 4.78 is 0. The molecule has 0 bridgehead atoms. The summed E-state index contributed by atoms with van der Waals surface area (Å²) >= 11 is 0. The largest absolute Gasteiger partial charge is 0.386 e. The predicted molar refractivity (Wildman–Crippen MR) is 117 cm³/mol. The normalized spacial score (nSPS) is 17.1.